The zero-order chi connectivity index (χ0) is 13.9. The first-order chi connectivity index (χ1) is 9.01. The molecule has 19 heavy (non-hydrogen) atoms. The number of hydrogen-bond donors (Lipinski definition) is 0. The molecule has 0 radical (unpaired) electrons. The molecule has 1 aromatic rings. The molecule has 1 aliphatic heterocycles. The molecule has 5 heteroatoms. The first kappa shape index (κ1) is 15.5. The van der Waals surface area contributed by atoms with Crippen LogP contribution in [-0.4, -0.2) is 25.2 Å². The van der Waals surface area contributed by atoms with Crippen LogP contribution in [0.3, 0.4) is 0 Å². The Morgan fingerprint density at radius 1 is 1.16 bits per heavy atom. The Balaban J connectivity index is 2.25. The van der Waals surface area contributed by atoms with E-state index in [2.05, 4.69) is 13.8 Å². The summed E-state index contributed by atoms with van der Waals surface area (Å²) < 4.78 is 11.3. The van der Waals surface area contributed by atoms with Crippen molar-refractivity contribution in [2.45, 2.75) is 32.2 Å². The summed E-state index contributed by atoms with van der Waals surface area (Å²) in [5, 5.41) is 1.03. The molecule has 0 spiro atoms. The molecular weight excluding hydrogens is 302 g/mol. The topological polar surface area (TPSA) is 18.5 Å². The van der Waals surface area contributed by atoms with Crippen LogP contribution >= 0.6 is 28.4 Å². The van der Waals surface area contributed by atoms with Gasteiger partial charge in [0, 0.05) is 0 Å². The van der Waals surface area contributed by atoms with Gasteiger partial charge in [-0.3, -0.25) is 0 Å². The molecule has 2 rings (SSSR count). The van der Waals surface area contributed by atoms with Crippen molar-refractivity contribution in [2.24, 2.45) is 5.92 Å². The van der Waals surface area contributed by atoms with Gasteiger partial charge in [-0.05, 0) is 0 Å². The van der Waals surface area contributed by atoms with Crippen molar-refractivity contribution >= 4 is 33.8 Å². The van der Waals surface area contributed by atoms with Gasteiger partial charge in [-0.25, -0.2) is 0 Å². The Morgan fingerprint density at radius 3 is 2.26 bits per heavy atom. The molecule has 0 aliphatic carbocycles. The molecule has 2 nitrogen and oxygen atoms in total. The third-order valence-electron chi connectivity index (χ3n) is 3.33. The zero-order valence-electron chi connectivity index (χ0n) is 11.3. The fourth-order valence-corrected chi connectivity index (χ4v) is 6.70. The van der Waals surface area contributed by atoms with Crippen LogP contribution in [0.5, 0.6) is 0 Å². The van der Waals surface area contributed by atoms with Gasteiger partial charge in [-0.15, -0.1) is 0 Å². The predicted molar refractivity (Wildman–Crippen MR) is 85.0 cm³/mol. The molecule has 1 saturated heterocycles. The van der Waals surface area contributed by atoms with Gasteiger partial charge in [0.2, 0.25) is 0 Å². The van der Waals surface area contributed by atoms with Gasteiger partial charge < -0.3 is 0 Å². The van der Waals surface area contributed by atoms with Crippen LogP contribution < -0.4 is 5.30 Å². The first-order valence-electron chi connectivity index (χ1n) is 6.68. The Hall–Kier alpha value is 0.150. The number of hydrogen-bond acceptors (Lipinski definition) is 2. The summed E-state index contributed by atoms with van der Waals surface area (Å²) in [4.78, 5) is 0. The second kappa shape index (κ2) is 6.74. The zero-order valence-corrected chi connectivity index (χ0v) is 13.8. The SMILES string of the molecule is CC(C)C[C@@H](C1OCCO1)[PH](Cl)(Cl)c1ccccc1. The molecule has 108 valence electrons. The molecule has 0 aromatic heterocycles. The van der Waals surface area contributed by atoms with E-state index < -0.39 is 5.97 Å². The van der Waals surface area contributed by atoms with Crippen LogP contribution in [0.25, 0.3) is 0 Å². The molecule has 0 N–H and O–H groups in total. The van der Waals surface area contributed by atoms with Crippen LogP contribution in [0, 0.1) is 5.92 Å². The summed E-state index contributed by atoms with van der Waals surface area (Å²) in [6.45, 7) is 5.61. The van der Waals surface area contributed by atoms with Crippen molar-refractivity contribution in [1.82, 2.24) is 0 Å². The van der Waals surface area contributed by atoms with Crippen LogP contribution in [0.15, 0.2) is 30.3 Å². The fraction of sp³-hybridized carbons (Fsp3) is 0.571. The Morgan fingerprint density at radius 2 is 1.74 bits per heavy atom. The van der Waals surface area contributed by atoms with Crippen molar-refractivity contribution < 1.29 is 9.47 Å². The maximum absolute atomic E-state index is 6.80. The molecule has 1 aromatic carbocycles. The fourth-order valence-electron chi connectivity index (χ4n) is 2.42. The van der Waals surface area contributed by atoms with Gasteiger partial charge in [0.1, 0.15) is 0 Å². The van der Waals surface area contributed by atoms with Crippen molar-refractivity contribution in [3.63, 3.8) is 0 Å². The molecular formula is C14H21Cl2O2P. The maximum atomic E-state index is 6.80. The average molecular weight is 323 g/mol. The monoisotopic (exact) mass is 322 g/mol. The van der Waals surface area contributed by atoms with E-state index in [-0.39, 0.29) is 11.9 Å². The molecule has 1 atom stereocenters. The minimum absolute atomic E-state index is 0.0562. The van der Waals surface area contributed by atoms with E-state index >= 15 is 0 Å². The van der Waals surface area contributed by atoms with Crippen molar-refractivity contribution in [2.75, 3.05) is 13.2 Å². The Labute approximate surface area is 125 Å². The number of ether oxygens (including phenoxy) is 2. The summed E-state index contributed by atoms with van der Waals surface area (Å²) in [5.74, 6) is -2.14. The van der Waals surface area contributed by atoms with Crippen molar-refractivity contribution in [3.8, 4) is 0 Å². The summed E-state index contributed by atoms with van der Waals surface area (Å²) in [6, 6.07) is 9.94. The number of benzene rings is 1. The average Bonchev–Trinajstić information content (AvgIpc) is 2.90. The summed E-state index contributed by atoms with van der Waals surface area (Å²) in [7, 11) is 0. The molecule has 0 saturated carbocycles. The number of rotatable bonds is 5. The summed E-state index contributed by atoms with van der Waals surface area (Å²) >= 11 is 13.6. The van der Waals surface area contributed by atoms with E-state index in [9.17, 15) is 0 Å². The van der Waals surface area contributed by atoms with E-state index in [1.54, 1.807) is 0 Å². The van der Waals surface area contributed by atoms with Crippen molar-refractivity contribution in [3.05, 3.63) is 30.3 Å². The molecule has 1 aliphatic rings. The molecule has 0 bridgehead atoms. The second-order valence-corrected chi connectivity index (χ2v) is 12.1. The third kappa shape index (κ3) is 3.83. The van der Waals surface area contributed by atoms with Crippen LogP contribution in [0.2, 0.25) is 0 Å². The molecule has 1 heterocycles. The van der Waals surface area contributed by atoms with E-state index in [0.29, 0.717) is 19.1 Å². The first-order valence-corrected chi connectivity index (χ1v) is 10.8. The quantitative estimate of drug-likeness (QED) is 0.758. The standard InChI is InChI=1S/C14H21Cl2O2P/c1-11(2)10-13(14-17-8-9-18-14)19(15,16)12-6-4-3-5-7-12/h3-7,11,13-14,19H,8-10H2,1-2H3/t13-/m0/s1. The minimum atomic E-state index is -2.64. The van der Waals surface area contributed by atoms with Crippen LogP contribution in [0.1, 0.15) is 20.3 Å². The molecule has 0 amide bonds. The third-order valence-corrected chi connectivity index (χ3v) is 8.86. The van der Waals surface area contributed by atoms with E-state index in [4.69, 9.17) is 32.0 Å². The molecule has 1 fully saturated rings. The van der Waals surface area contributed by atoms with Crippen LogP contribution in [-0.2, 0) is 9.47 Å². The van der Waals surface area contributed by atoms with E-state index in [1.165, 1.54) is 0 Å². The van der Waals surface area contributed by atoms with Crippen molar-refractivity contribution in [1.29, 1.82) is 0 Å². The van der Waals surface area contributed by atoms with Crippen LogP contribution in [0.4, 0.5) is 0 Å². The predicted octanol–water partition coefficient (Wildman–Crippen LogP) is 4.16. The van der Waals surface area contributed by atoms with Gasteiger partial charge in [-0.1, -0.05) is 0 Å². The van der Waals surface area contributed by atoms with Gasteiger partial charge >= 0.3 is 125 Å². The Kier molecular flexibility index (Phi) is 5.51. The van der Waals surface area contributed by atoms with E-state index in [1.807, 2.05) is 30.3 Å². The van der Waals surface area contributed by atoms with E-state index in [0.717, 1.165) is 11.7 Å². The summed E-state index contributed by atoms with van der Waals surface area (Å²) in [6.07, 6.45) is 0.656. The Bertz CT molecular complexity index is 392. The summed E-state index contributed by atoms with van der Waals surface area (Å²) in [5.41, 5.74) is 0.0562. The normalized spacial score (nSPS) is 19.8. The number of halogens is 2. The van der Waals surface area contributed by atoms with Gasteiger partial charge in [0.15, 0.2) is 0 Å². The van der Waals surface area contributed by atoms with Gasteiger partial charge in [-0.2, -0.15) is 0 Å². The van der Waals surface area contributed by atoms with Gasteiger partial charge in [0.05, 0.1) is 0 Å². The molecule has 0 unspecified atom stereocenters. The van der Waals surface area contributed by atoms with Gasteiger partial charge in [0.25, 0.3) is 0 Å². The second-order valence-electron chi connectivity index (χ2n) is 5.34.